The number of alkyl halides is 3. The van der Waals surface area contributed by atoms with Gasteiger partial charge in [-0.25, -0.2) is 4.79 Å². The lowest BCUT2D eigenvalue weighted by Gasteiger charge is -2.29. The third-order valence-electron chi connectivity index (χ3n) is 7.57. The van der Waals surface area contributed by atoms with Gasteiger partial charge in [0.2, 0.25) is 23.6 Å². The van der Waals surface area contributed by atoms with Crippen LogP contribution >= 0.6 is 0 Å². The van der Waals surface area contributed by atoms with Crippen molar-refractivity contribution in [2.45, 2.75) is 76.0 Å². The third-order valence-corrected chi connectivity index (χ3v) is 7.57. The number of amides is 4. The number of carbonyl (C=O) groups is 5. The molecule has 1 saturated carbocycles. The summed E-state index contributed by atoms with van der Waals surface area (Å²) < 4.78 is 31.7. The first-order chi connectivity index (χ1) is 22.3. The number of halogens is 3. The Kier molecular flexibility index (Phi) is 16.9. The summed E-state index contributed by atoms with van der Waals surface area (Å²) in [5.74, 6) is -6.17. The zero-order valence-electron chi connectivity index (χ0n) is 27.0. The summed E-state index contributed by atoms with van der Waals surface area (Å²) in [6.45, 7) is 0.332. The number of nitrogens with two attached hydrogens (primary N) is 3. The molecule has 1 unspecified atom stereocenters. The normalized spacial score (nSPS) is 14.9. The third kappa shape index (κ3) is 15.1. The van der Waals surface area contributed by atoms with Crippen molar-refractivity contribution < 1.29 is 42.3 Å². The molecular formula is C30H46F3N9O6. The number of nitrogens with one attached hydrogen (secondary N) is 5. The van der Waals surface area contributed by atoms with Crippen molar-refractivity contribution in [1.82, 2.24) is 20.9 Å². The highest BCUT2D eigenvalue weighted by Gasteiger charge is 2.38. The molecule has 0 aromatic heterocycles. The quantitative estimate of drug-likeness (QED) is 0.0539. The van der Waals surface area contributed by atoms with Gasteiger partial charge in [0, 0.05) is 26.2 Å². The van der Waals surface area contributed by atoms with Gasteiger partial charge in [-0.2, -0.15) is 13.2 Å². The summed E-state index contributed by atoms with van der Waals surface area (Å²) >= 11 is 0. The summed E-state index contributed by atoms with van der Waals surface area (Å²) in [7, 11) is 3.12. The molecule has 3 atom stereocenters. The van der Waals surface area contributed by atoms with E-state index in [1.807, 2.05) is 0 Å². The zero-order valence-corrected chi connectivity index (χ0v) is 27.0. The Morgan fingerprint density at radius 3 is 1.94 bits per heavy atom. The van der Waals surface area contributed by atoms with Gasteiger partial charge >= 0.3 is 12.1 Å². The Balaban J connectivity index is 0.00000148. The highest BCUT2D eigenvalue weighted by atomic mass is 19.4. The van der Waals surface area contributed by atoms with Gasteiger partial charge in [-0.1, -0.05) is 56.4 Å². The van der Waals surface area contributed by atoms with Crippen LogP contribution in [0.3, 0.4) is 0 Å². The van der Waals surface area contributed by atoms with Crippen LogP contribution in [-0.4, -0.2) is 90.3 Å². The standard InChI is InChI=1S/C28H45N9O4.C2HF3O2/c1-37(2)27(41)20(15-18-10-12-19(13-11-18)23(29)30)25(39)36-22(16-17-7-4-3-5-8-17)26(40)35-21(24(31)38)9-6-14-34-28(32)33;3-2(4,5)1(6)7/h10-13,17,20-22H,3-9,14-16H2,1-2H3,(H3,29,30)(H2,31,38)(H,35,40)(H,36,39)(H4,32,33,34);(H,6,7)/t20?,21-,22-;/m1./s1. The first-order valence-corrected chi connectivity index (χ1v) is 15.3. The van der Waals surface area contributed by atoms with Gasteiger partial charge in [0.1, 0.15) is 23.8 Å². The van der Waals surface area contributed by atoms with Gasteiger partial charge in [-0.15, -0.1) is 0 Å². The summed E-state index contributed by atoms with van der Waals surface area (Å²) in [6, 6.07) is 4.81. The Labute approximate surface area is 276 Å². The van der Waals surface area contributed by atoms with Crippen molar-refractivity contribution in [3.63, 3.8) is 0 Å². The minimum Gasteiger partial charge on any atom is -0.475 e. The van der Waals surface area contributed by atoms with Crippen LogP contribution in [0.5, 0.6) is 0 Å². The van der Waals surface area contributed by atoms with Crippen LogP contribution in [0, 0.1) is 22.7 Å². The second kappa shape index (κ2) is 19.7. The number of carbonyl (C=O) groups excluding carboxylic acids is 4. The molecule has 1 aromatic rings. The molecule has 1 aliphatic carbocycles. The summed E-state index contributed by atoms with van der Waals surface area (Å²) in [5.41, 5.74) is 17.6. The van der Waals surface area contributed by atoms with Crippen LogP contribution in [0.15, 0.2) is 24.3 Å². The van der Waals surface area contributed by atoms with Gasteiger partial charge in [-0.05, 0) is 37.2 Å². The minimum atomic E-state index is -5.08. The molecule has 1 fully saturated rings. The predicted molar refractivity (Wildman–Crippen MR) is 170 cm³/mol. The Bertz CT molecular complexity index is 1290. The molecule has 0 heterocycles. The van der Waals surface area contributed by atoms with E-state index in [2.05, 4.69) is 16.0 Å². The van der Waals surface area contributed by atoms with Crippen molar-refractivity contribution in [1.29, 1.82) is 10.8 Å². The molecule has 18 heteroatoms. The smallest absolute Gasteiger partial charge is 0.475 e. The zero-order chi connectivity index (χ0) is 36.6. The number of nitrogen functional groups attached to an aromatic ring is 1. The summed E-state index contributed by atoms with van der Waals surface area (Å²) in [4.78, 5) is 62.5. The van der Waals surface area contributed by atoms with Gasteiger partial charge in [0.05, 0.1) is 0 Å². The van der Waals surface area contributed by atoms with E-state index in [0.717, 1.165) is 32.1 Å². The molecule has 1 aromatic carbocycles. The number of guanidine groups is 1. The number of primary amides is 1. The average molecular weight is 686 g/mol. The van der Waals surface area contributed by atoms with Crippen LogP contribution < -0.4 is 33.2 Å². The Morgan fingerprint density at radius 1 is 0.938 bits per heavy atom. The van der Waals surface area contributed by atoms with Crippen molar-refractivity contribution in [2.75, 3.05) is 20.6 Å². The van der Waals surface area contributed by atoms with E-state index in [1.54, 1.807) is 38.4 Å². The lowest BCUT2D eigenvalue weighted by atomic mass is 9.84. The highest BCUT2D eigenvalue weighted by Crippen LogP contribution is 2.28. The molecule has 12 N–H and O–H groups in total. The summed E-state index contributed by atoms with van der Waals surface area (Å²) in [5, 5.41) is 30.1. The largest absolute Gasteiger partial charge is 0.490 e. The molecule has 48 heavy (non-hydrogen) atoms. The SMILES string of the molecule is CN(C)C(=O)C(Cc1ccc(C(=N)N)cc1)C(=O)N[C@H](CC1CCCCC1)C(=O)N[C@H](CCCNC(=N)N)C(N)=O.O=C(O)C(F)(F)F. The van der Waals surface area contributed by atoms with Gasteiger partial charge < -0.3 is 43.2 Å². The van der Waals surface area contributed by atoms with Gasteiger partial charge in [-0.3, -0.25) is 30.0 Å². The number of carboxylic acids is 1. The molecular weight excluding hydrogens is 639 g/mol. The maximum atomic E-state index is 13.6. The highest BCUT2D eigenvalue weighted by molar-refractivity contribution is 6.02. The minimum absolute atomic E-state index is 0.0869. The van der Waals surface area contributed by atoms with E-state index < -0.39 is 53.8 Å². The number of rotatable bonds is 15. The van der Waals surface area contributed by atoms with Crippen molar-refractivity contribution in [3.05, 3.63) is 35.4 Å². The number of hydrogen-bond donors (Lipinski definition) is 9. The first kappa shape index (κ1) is 41.1. The Hall–Kier alpha value is -4.90. The molecule has 15 nitrogen and oxygen atoms in total. The fourth-order valence-corrected chi connectivity index (χ4v) is 5.01. The molecule has 0 saturated heterocycles. The van der Waals surface area contributed by atoms with Crippen LogP contribution in [0.4, 0.5) is 13.2 Å². The molecule has 0 aliphatic heterocycles. The number of hydrogen-bond acceptors (Lipinski definition) is 7. The average Bonchev–Trinajstić information content (AvgIpc) is 3.00. The van der Waals surface area contributed by atoms with E-state index in [4.69, 9.17) is 37.9 Å². The van der Waals surface area contributed by atoms with Crippen LogP contribution in [0.1, 0.15) is 62.5 Å². The van der Waals surface area contributed by atoms with Gasteiger partial charge in [0.15, 0.2) is 5.96 Å². The van der Waals surface area contributed by atoms with E-state index in [-0.39, 0.29) is 30.6 Å². The van der Waals surface area contributed by atoms with Crippen molar-refractivity contribution in [2.24, 2.45) is 29.0 Å². The second-order valence-electron chi connectivity index (χ2n) is 11.7. The molecule has 0 radical (unpaired) electrons. The van der Waals surface area contributed by atoms with Crippen LogP contribution in [-0.2, 0) is 30.4 Å². The Morgan fingerprint density at radius 2 is 1.48 bits per heavy atom. The van der Waals surface area contributed by atoms with E-state index >= 15 is 0 Å². The number of amidine groups is 1. The molecule has 1 aliphatic rings. The number of carboxylic acid groups (broad SMARTS) is 1. The predicted octanol–water partition coefficient (Wildman–Crippen LogP) is 0.539. The number of nitrogens with zero attached hydrogens (tertiary/aromatic N) is 1. The van der Waals surface area contributed by atoms with E-state index in [1.165, 1.54) is 4.90 Å². The molecule has 0 spiro atoms. The maximum absolute atomic E-state index is 13.6. The molecule has 0 bridgehead atoms. The summed E-state index contributed by atoms with van der Waals surface area (Å²) in [6.07, 6.45) is 1.10. The molecule has 4 amide bonds. The van der Waals surface area contributed by atoms with Crippen molar-refractivity contribution in [3.8, 4) is 0 Å². The van der Waals surface area contributed by atoms with E-state index in [9.17, 15) is 32.3 Å². The van der Waals surface area contributed by atoms with E-state index in [0.29, 0.717) is 30.5 Å². The van der Waals surface area contributed by atoms with Gasteiger partial charge in [0.25, 0.3) is 0 Å². The maximum Gasteiger partial charge on any atom is 0.490 e. The fourth-order valence-electron chi connectivity index (χ4n) is 5.01. The number of benzene rings is 1. The van der Waals surface area contributed by atoms with Crippen LogP contribution in [0.2, 0.25) is 0 Å². The molecule has 2 rings (SSSR count). The topological polar surface area (TPSA) is 271 Å². The second-order valence-corrected chi connectivity index (χ2v) is 11.7. The monoisotopic (exact) mass is 685 g/mol. The van der Waals surface area contributed by atoms with Crippen LogP contribution in [0.25, 0.3) is 0 Å². The lowest BCUT2D eigenvalue weighted by Crippen LogP contribution is -2.55. The molecule has 268 valence electrons. The fraction of sp³-hybridized carbons (Fsp3) is 0.567. The lowest BCUT2D eigenvalue weighted by molar-refractivity contribution is -0.192. The first-order valence-electron chi connectivity index (χ1n) is 15.3. The van der Waals surface area contributed by atoms with Crippen molar-refractivity contribution >= 4 is 41.4 Å². The number of aliphatic carboxylic acids is 1.